The van der Waals surface area contributed by atoms with Gasteiger partial charge in [0.2, 0.25) is 5.84 Å². The molecule has 0 spiro atoms. The molecule has 0 saturated carbocycles. The van der Waals surface area contributed by atoms with Gasteiger partial charge in [-0.1, -0.05) is 50.6 Å². The van der Waals surface area contributed by atoms with Crippen molar-refractivity contribution in [2.45, 2.75) is 41.5 Å². The molecule has 2 aliphatic heterocycles. The average molecular weight is 364 g/mol. The number of nitrogens with zero attached hydrogens (tertiary/aromatic N) is 4. The van der Waals surface area contributed by atoms with Gasteiger partial charge in [-0.15, -0.1) is 0 Å². The Labute approximate surface area is 159 Å². The molecule has 2 aromatic rings. The van der Waals surface area contributed by atoms with Crippen molar-refractivity contribution >= 4 is 23.1 Å². The summed E-state index contributed by atoms with van der Waals surface area (Å²) in [6.45, 7) is 11.9. The SMILES string of the molecule is Cc1cc(C)c(C2=NON3N(C(=O)C(C)(C)C)c4ccccc4N23)c(C)c1. The lowest BCUT2D eigenvalue weighted by Gasteiger charge is -2.29. The number of rotatable bonds is 1. The van der Waals surface area contributed by atoms with E-state index in [2.05, 4.69) is 38.1 Å². The Kier molecular flexibility index (Phi) is 3.78. The van der Waals surface area contributed by atoms with Crippen LogP contribution in [0.2, 0.25) is 0 Å². The van der Waals surface area contributed by atoms with E-state index in [-0.39, 0.29) is 5.91 Å². The van der Waals surface area contributed by atoms with Gasteiger partial charge < -0.3 is 0 Å². The van der Waals surface area contributed by atoms with E-state index < -0.39 is 5.41 Å². The molecule has 2 heterocycles. The van der Waals surface area contributed by atoms with Crippen LogP contribution in [0.15, 0.2) is 41.6 Å². The van der Waals surface area contributed by atoms with Gasteiger partial charge in [0.05, 0.1) is 16.7 Å². The number of hydrogen-bond acceptors (Lipinski definition) is 5. The Hall–Kier alpha value is -2.86. The van der Waals surface area contributed by atoms with Crippen molar-refractivity contribution in [2.24, 2.45) is 10.6 Å². The zero-order chi connectivity index (χ0) is 19.5. The van der Waals surface area contributed by atoms with Gasteiger partial charge in [-0.05, 0) is 49.2 Å². The highest BCUT2D eigenvalue weighted by atomic mass is 16.9. The number of aryl methyl sites for hydroxylation is 3. The number of para-hydroxylation sites is 2. The Bertz CT molecular complexity index is 951. The van der Waals surface area contributed by atoms with Crippen LogP contribution in [0.1, 0.15) is 43.0 Å². The largest absolute Gasteiger partial charge is 0.272 e. The lowest BCUT2D eigenvalue weighted by molar-refractivity contribution is -0.163. The average Bonchev–Trinajstić information content (AvgIpc) is 3.11. The molecule has 0 aliphatic carbocycles. The molecule has 0 fully saturated rings. The lowest BCUT2D eigenvalue weighted by atomic mass is 9.95. The van der Waals surface area contributed by atoms with Crippen LogP contribution in [0, 0.1) is 26.2 Å². The molecule has 0 aromatic heterocycles. The van der Waals surface area contributed by atoms with E-state index in [1.165, 1.54) is 10.8 Å². The molecule has 0 unspecified atom stereocenters. The summed E-state index contributed by atoms with van der Waals surface area (Å²) in [6.07, 6.45) is 0. The number of oxime groups is 1. The second-order valence-electron chi connectivity index (χ2n) is 8.19. The van der Waals surface area contributed by atoms with E-state index >= 15 is 0 Å². The predicted molar refractivity (Wildman–Crippen MR) is 106 cm³/mol. The Balaban J connectivity index is 1.85. The minimum absolute atomic E-state index is 0.0637. The molecule has 0 atom stereocenters. The summed E-state index contributed by atoms with van der Waals surface area (Å²) in [4.78, 5) is 18.8. The Morgan fingerprint density at radius 2 is 1.59 bits per heavy atom. The summed E-state index contributed by atoms with van der Waals surface area (Å²) in [6, 6.07) is 12.0. The number of fused-ring (bicyclic) bond motifs is 3. The van der Waals surface area contributed by atoms with Crippen molar-refractivity contribution in [2.75, 3.05) is 10.0 Å². The molecule has 4 rings (SSSR count). The van der Waals surface area contributed by atoms with Gasteiger partial charge in [-0.3, -0.25) is 9.73 Å². The first-order valence-electron chi connectivity index (χ1n) is 9.07. The van der Waals surface area contributed by atoms with Crippen molar-refractivity contribution in [3.05, 3.63) is 58.7 Å². The topological polar surface area (TPSA) is 48.4 Å². The summed E-state index contributed by atoms with van der Waals surface area (Å²) < 4.78 is 0. The Morgan fingerprint density at radius 1 is 1.00 bits per heavy atom. The molecule has 0 radical (unpaired) electrons. The molecular formula is C21H24N4O2. The van der Waals surface area contributed by atoms with E-state index in [0.717, 1.165) is 28.1 Å². The quantitative estimate of drug-likeness (QED) is 0.759. The van der Waals surface area contributed by atoms with E-state index in [9.17, 15) is 4.79 Å². The number of carbonyl (C=O) groups excluding carboxylic acids is 1. The summed E-state index contributed by atoms with van der Waals surface area (Å²) in [5.41, 5.74) is 5.55. The molecule has 1 amide bonds. The first kappa shape index (κ1) is 17.5. The number of hydrogen-bond donors (Lipinski definition) is 0. The van der Waals surface area contributed by atoms with Crippen molar-refractivity contribution in [3.8, 4) is 0 Å². The number of hydrazine groups is 2. The van der Waals surface area contributed by atoms with Crippen LogP contribution in [0.3, 0.4) is 0 Å². The zero-order valence-corrected chi connectivity index (χ0v) is 16.6. The maximum absolute atomic E-state index is 13.1. The summed E-state index contributed by atoms with van der Waals surface area (Å²) in [5, 5.41) is 9.21. The summed E-state index contributed by atoms with van der Waals surface area (Å²) >= 11 is 0. The smallest absolute Gasteiger partial charge is 0.251 e. The molecule has 2 aliphatic rings. The fraction of sp³-hybridized carbons (Fsp3) is 0.333. The molecular weight excluding hydrogens is 340 g/mol. The Morgan fingerprint density at radius 3 is 2.19 bits per heavy atom. The maximum Gasteiger partial charge on any atom is 0.251 e. The minimum Gasteiger partial charge on any atom is -0.272 e. The van der Waals surface area contributed by atoms with Gasteiger partial charge in [-0.25, -0.2) is 0 Å². The fourth-order valence-electron chi connectivity index (χ4n) is 3.67. The van der Waals surface area contributed by atoms with Crippen molar-refractivity contribution < 1.29 is 9.73 Å². The minimum atomic E-state index is -0.565. The molecule has 27 heavy (non-hydrogen) atoms. The first-order chi connectivity index (χ1) is 12.7. The van der Waals surface area contributed by atoms with Gasteiger partial charge >= 0.3 is 0 Å². The van der Waals surface area contributed by atoms with Crippen LogP contribution in [0.25, 0.3) is 0 Å². The van der Waals surface area contributed by atoms with Gasteiger partial charge in [0.25, 0.3) is 5.91 Å². The first-order valence-corrected chi connectivity index (χ1v) is 9.07. The lowest BCUT2D eigenvalue weighted by Crippen LogP contribution is -2.52. The third kappa shape index (κ3) is 2.59. The fourth-order valence-corrected chi connectivity index (χ4v) is 3.67. The number of amidine groups is 1. The van der Waals surface area contributed by atoms with Gasteiger partial charge in [0, 0.05) is 11.0 Å². The van der Waals surface area contributed by atoms with Gasteiger partial charge in [0.1, 0.15) is 0 Å². The molecule has 0 saturated heterocycles. The zero-order valence-electron chi connectivity index (χ0n) is 16.6. The molecule has 0 bridgehead atoms. The van der Waals surface area contributed by atoms with Gasteiger partial charge in [-0.2, -0.15) is 10.0 Å². The number of carbonyl (C=O) groups is 1. The normalized spacial score (nSPS) is 16.1. The standard InChI is InChI=1S/C21H24N4O2/c1-13-11-14(2)18(15(3)12-13)19-22-27-25-23(19)16-9-7-8-10-17(16)24(25)20(26)21(4,5)6/h7-12H,1-6H3. The van der Waals surface area contributed by atoms with Crippen molar-refractivity contribution in [3.63, 3.8) is 0 Å². The predicted octanol–water partition coefficient (Wildman–Crippen LogP) is 4.25. The maximum atomic E-state index is 13.1. The summed E-state index contributed by atoms with van der Waals surface area (Å²) in [5.74, 6) is 0.618. The second kappa shape index (κ2) is 5.82. The highest BCUT2D eigenvalue weighted by Gasteiger charge is 2.49. The van der Waals surface area contributed by atoms with Crippen LogP contribution in [-0.2, 0) is 9.73 Å². The molecule has 6 heteroatoms. The van der Waals surface area contributed by atoms with Crippen LogP contribution in [0.5, 0.6) is 0 Å². The van der Waals surface area contributed by atoms with E-state index in [4.69, 9.17) is 4.94 Å². The van der Waals surface area contributed by atoms with Crippen LogP contribution in [0.4, 0.5) is 11.4 Å². The van der Waals surface area contributed by atoms with E-state index in [1.807, 2.05) is 50.0 Å². The van der Waals surface area contributed by atoms with E-state index in [1.54, 1.807) is 5.01 Å². The van der Waals surface area contributed by atoms with Crippen molar-refractivity contribution in [1.82, 2.24) is 5.28 Å². The van der Waals surface area contributed by atoms with Gasteiger partial charge in [0.15, 0.2) is 0 Å². The number of amides is 1. The highest BCUT2D eigenvalue weighted by molar-refractivity contribution is 6.16. The monoisotopic (exact) mass is 364 g/mol. The third-order valence-electron chi connectivity index (χ3n) is 4.82. The third-order valence-corrected chi connectivity index (χ3v) is 4.82. The second-order valence-corrected chi connectivity index (χ2v) is 8.19. The van der Waals surface area contributed by atoms with Crippen LogP contribution in [-0.4, -0.2) is 17.0 Å². The van der Waals surface area contributed by atoms with Crippen LogP contribution < -0.4 is 10.0 Å². The molecule has 140 valence electrons. The van der Waals surface area contributed by atoms with Crippen molar-refractivity contribution in [1.29, 1.82) is 0 Å². The van der Waals surface area contributed by atoms with Crippen LogP contribution >= 0.6 is 0 Å². The number of benzene rings is 2. The summed E-state index contributed by atoms with van der Waals surface area (Å²) in [7, 11) is 0. The number of anilines is 2. The van der Waals surface area contributed by atoms with E-state index in [0.29, 0.717) is 5.84 Å². The molecule has 2 aromatic carbocycles. The molecule has 6 nitrogen and oxygen atoms in total. The molecule has 0 N–H and O–H groups in total. The highest BCUT2D eigenvalue weighted by Crippen LogP contribution is 2.44.